The molecule has 0 bridgehead atoms. The van der Waals surface area contributed by atoms with E-state index in [1.807, 2.05) is 6.26 Å². The maximum Gasteiger partial charge on any atom is 0.134 e. The van der Waals surface area contributed by atoms with Crippen LogP contribution in [0.15, 0.2) is 0 Å². The Kier molecular flexibility index (Phi) is 4.90. The van der Waals surface area contributed by atoms with Crippen molar-refractivity contribution in [3.8, 4) is 0 Å². The van der Waals surface area contributed by atoms with E-state index in [1.165, 1.54) is 0 Å². The number of hydrogen-bond donors (Lipinski definition) is 1. The summed E-state index contributed by atoms with van der Waals surface area (Å²) in [6, 6.07) is 0. The van der Waals surface area contributed by atoms with E-state index >= 15 is 0 Å². The molecule has 1 heterocycles. The summed E-state index contributed by atoms with van der Waals surface area (Å²) in [5.41, 5.74) is -0.103. The third kappa shape index (κ3) is 2.67. The first-order valence-electron chi connectivity index (χ1n) is 5.76. The van der Waals surface area contributed by atoms with Crippen molar-refractivity contribution in [2.75, 3.05) is 26.4 Å². The second-order valence-corrected chi connectivity index (χ2v) is 5.41. The second-order valence-electron chi connectivity index (χ2n) is 4.58. The monoisotopic (exact) mass is 232 g/mol. The lowest BCUT2D eigenvalue weighted by atomic mass is 9.92. The first-order valence-corrected chi connectivity index (χ1v) is 6.94. The number of aliphatic hydroxyl groups excluding tert-OH is 1. The van der Waals surface area contributed by atoms with E-state index in [9.17, 15) is 5.11 Å². The van der Waals surface area contributed by atoms with E-state index in [1.54, 1.807) is 11.9 Å². The number of rotatable bonds is 3. The molecule has 3 nitrogen and oxygen atoms in total. The van der Waals surface area contributed by atoms with Crippen LogP contribution >= 0.6 is 11.9 Å². The van der Waals surface area contributed by atoms with Gasteiger partial charge in [0.15, 0.2) is 0 Å². The molecule has 1 aliphatic rings. The van der Waals surface area contributed by atoms with Crippen molar-refractivity contribution < 1.29 is 5.11 Å². The van der Waals surface area contributed by atoms with Crippen LogP contribution in [-0.2, 0) is 0 Å². The predicted molar refractivity (Wildman–Crippen MR) is 66.8 cm³/mol. The summed E-state index contributed by atoms with van der Waals surface area (Å²) in [4.78, 5) is 2.32. The van der Waals surface area contributed by atoms with Crippen LogP contribution < -0.4 is 0 Å². The van der Waals surface area contributed by atoms with Crippen LogP contribution in [0.3, 0.4) is 0 Å². The Hall–Kier alpha value is 0.230. The minimum atomic E-state index is -0.361. The Balaban J connectivity index is 2.85. The highest BCUT2D eigenvalue weighted by Gasteiger charge is 2.41. The molecule has 0 saturated carbocycles. The van der Waals surface area contributed by atoms with Gasteiger partial charge in [-0.2, -0.15) is 0 Å². The number of aliphatic hydroxyl groups is 1. The second kappa shape index (κ2) is 5.53. The van der Waals surface area contributed by atoms with Crippen LogP contribution in [0, 0.1) is 0 Å². The highest BCUT2D eigenvalue weighted by atomic mass is 32.2. The Bertz CT molecular complexity index is 203. The van der Waals surface area contributed by atoms with E-state index < -0.39 is 0 Å². The van der Waals surface area contributed by atoms with Gasteiger partial charge in [0, 0.05) is 6.54 Å². The largest absolute Gasteiger partial charge is 0.376 e. The zero-order chi connectivity index (χ0) is 11.5. The molecule has 1 aliphatic heterocycles. The Morgan fingerprint density at radius 3 is 2.67 bits per heavy atom. The van der Waals surface area contributed by atoms with Crippen LogP contribution in [0.5, 0.6) is 0 Å². The van der Waals surface area contributed by atoms with Crippen LogP contribution in [0.1, 0.15) is 33.1 Å². The predicted octanol–water partition coefficient (Wildman–Crippen LogP) is 1.78. The molecule has 1 N–H and O–H groups in total. The Morgan fingerprint density at radius 2 is 2.13 bits per heavy atom. The molecule has 15 heavy (non-hydrogen) atoms. The topological polar surface area (TPSA) is 26.7 Å². The lowest BCUT2D eigenvalue weighted by Crippen LogP contribution is -2.56. The normalized spacial score (nSPS) is 35.4. The van der Waals surface area contributed by atoms with E-state index in [4.69, 9.17) is 0 Å². The Labute approximate surface area is 98.0 Å². The summed E-state index contributed by atoms with van der Waals surface area (Å²) >= 11 is 1.65. The van der Waals surface area contributed by atoms with Crippen LogP contribution in [-0.4, -0.2) is 52.5 Å². The van der Waals surface area contributed by atoms with Crippen molar-refractivity contribution in [2.24, 2.45) is 0 Å². The molecule has 0 spiro atoms. The number of hydrogen-bond acceptors (Lipinski definition) is 4. The highest BCUT2D eigenvalue weighted by molar-refractivity contribution is 7.96. The molecule has 1 rings (SSSR count). The molecule has 0 aromatic carbocycles. The van der Waals surface area contributed by atoms with Gasteiger partial charge in [0.05, 0.1) is 5.54 Å². The molecule has 0 aliphatic carbocycles. The van der Waals surface area contributed by atoms with Crippen molar-refractivity contribution >= 4 is 11.9 Å². The van der Waals surface area contributed by atoms with E-state index in [0.717, 1.165) is 32.4 Å². The molecule has 1 saturated heterocycles. The molecular formula is C11H24N2OS. The van der Waals surface area contributed by atoms with Crippen molar-refractivity contribution in [1.29, 1.82) is 0 Å². The summed E-state index contributed by atoms with van der Waals surface area (Å²) in [5, 5.41) is 10.4. The number of nitrogens with zero attached hydrogens (tertiary/aromatic N) is 2. The van der Waals surface area contributed by atoms with Gasteiger partial charge in [-0.1, -0.05) is 25.3 Å². The van der Waals surface area contributed by atoms with E-state index in [2.05, 4.69) is 30.1 Å². The molecule has 4 heteroatoms. The van der Waals surface area contributed by atoms with Gasteiger partial charge >= 0.3 is 0 Å². The SMILES string of the molecule is CCC[C@]1(C)C(O)N(SC)CCCN1C. The lowest BCUT2D eigenvalue weighted by Gasteiger charge is -2.43. The fourth-order valence-corrected chi connectivity index (χ4v) is 3.10. The van der Waals surface area contributed by atoms with Gasteiger partial charge in [0.1, 0.15) is 6.23 Å². The molecule has 0 aromatic heterocycles. The lowest BCUT2D eigenvalue weighted by molar-refractivity contribution is -0.0537. The molecule has 0 aromatic rings. The van der Waals surface area contributed by atoms with Crippen molar-refractivity contribution in [1.82, 2.24) is 9.21 Å². The standard InChI is InChI=1S/C11H24N2OS/c1-5-7-11(2)10(14)13(15-4)9-6-8-12(11)3/h10,14H,5-9H2,1-4H3/t10?,11-/m1/s1. The summed E-state index contributed by atoms with van der Waals surface area (Å²) in [5.74, 6) is 0. The molecule has 1 unspecified atom stereocenters. The maximum absolute atomic E-state index is 10.4. The van der Waals surface area contributed by atoms with Gasteiger partial charge in [-0.3, -0.25) is 4.90 Å². The van der Waals surface area contributed by atoms with Gasteiger partial charge in [0.2, 0.25) is 0 Å². The molecule has 90 valence electrons. The molecule has 0 amide bonds. The van der Waals surface area contributed by atoms with Crippen molar-refractivity contribution in [3.05, 3.63) is 0 Å². The molecule has 2 atom stereocenters. The Morgan fingerprint density at radius 1 is 1.47 bits per heavy atom. The zero-order valence-electron chi connectivity index (χ0n) is 10.4. The van der Waals surface area contributed by atoms with Gasteiger partial charge in [-0.25, -0.2) is 4.31 Å². The molecule has 0 radical (unpaired) electrons. The minimum absolute atomic E-state index is 0.103. The first kappa shape index (κ1) is 13.3. The number of likely N-dealkylation sites (N-methyl/N-ethyl adjacent to an activating group) is 1. The first-order chi connectivity index (χ1) is 7.06. The van der Waals surface area contributed by atoms with Crippen molar-refractivity contribution in [3.63, 3.8) is 0 Å². The minimum Gasteiger partial charge on any atom is -0.376 e. The van der Waals surface area contributed by atoms with Crippen LogP contribution in [0.2, 0.25) is 0 Å². The van der Waals surface area contributed by atoms with Crippen LogP contribution in [0.25, 0.3) is 0 Å². The molecular weight excluding hydrogens is 208 g/mol. The molecule has 1 fully saturated rings. The van der Waals surface area contributed by atoms with Gasteiger partial charge in [-0.05, 0) is 39.6 Å². The van der Waals surface area contributed by atoms with E-state index in [-0.39, 0.29) is 11.8 Å². The third-order valence-corrected chi connectivity index (χ3v) is 4.42. The fraction of sp³-hybridized carbons (Fsp3) is 1.00. The average molecular weight is 232 g/mol. The van der Waals surface area contributed by atoms with Gasteiger partial charge in [0.25, 0.3) is 0 Å². The average Bonchev–Trinajstić information content (AvgIpc) is 2.31. The van der Waals surface area contributed by atoms with Crippen LogP contribution in [0.4, 0.5) is 0 Å². The van der Waals surface area contributed by atoms with Gasteiger partial charge in [-0.15, -0.1) is 0 Å². The fourth-order valence-electron chi connectivity index (χ4n) is 2.37. The quantitative estimate of drug-likeness (QED) is 0.750. The van der Waals surface area contributed by atoms with E-state index in [0.29, 0.717) is 0 Å². The summed E-state index contributed by atoms with van der Waals surface area (Å²) in [6.45, 7) is 6.41. The highest BCUT2D eigenvalue weighted by Crippen LogP contribution is 2.31. The third-order valence-electron chi connectivity index (χ3n) is 3.56. The van der Waals surface area contributed by atoms with Gasteiger partial charge < -0.3 is 5.11 Å². The smallest absolute Gasteiger partial charge is 0.134 e. The maximum atomic E-state index is 10.4. The summed E-state index contributed by atoms with van der Waals surface area (Å²) in [6.07, 6.45) is 4.97. The summed E-state index contributed by atoms with van der Waals surface area (Å²) in [7, 11) is 2.13. The summed E-state index contributed by atoms with van der Waals surface area (Å²) < 4.78 is 2.11. The zero-order valence-corrected chi connectivity index (χ0v) is 11.2. The van der Waals surface area contributed by atoms with Crippen molar-refractivity contribution in [2.45, 2.75) is 44.9 Å².